The van der Waals surface area contributed by atoms with Crippen LogP contribution in [0.15, 0.2) is 16.6 Å². The van der Waals surface area contributed by atoms with E-state index in [0.29, 0.717) is 19.5 Å². The Morgan fingerprint density at radius 2 is 2.06 bits per heavy atom. The van der Waals surface area contributed by atoms with Gasteiger partial charge in [-0.05, 0) is 41.4 Å². The van der Waals surface area contributed by atoms with Crippen LogP contribution >= 0.6 is 15.9 Å². The largest absolute Gasteiger partial charge is 0.370 e. The first-order valence-electron chi connectivity index (χ1n) is 5.20. The van der Waals surface area contributed by atoms with Gasteiger partial charge in [0.25, 0.3) is 0 Å². The maximum atomic E-state index is 10.8. The number of aryl methyl sites for hydroxylation is 1. The summed E-state index contributed by atoms with van der Waals surface area (Å²) in [5.41, 5.74) is 0.921. The molecule has 0 fully saturated rings. The number of aromatic nitrogens is 1. The molecule has 0 bridgehead atoms. The zero-order valence-corrected chi connectivity index (χ0v) is 12.2. The van der Waals surface area contributed by atoms with Crippen molar-refractivity contribution in [1.29, 1.82) is 0 Å². The van der Waals surface area contributed by atoms with Crippen molar-refractivity contribution in [1.82, 2.24) is 9.71 Å². The summed E-state index contributed by atoms with van der Waals surface area (Å²) in [6, 6.07) is 3.81. The minimum absolute atomic E-state index is 0.432. The van der Waals surface area contributed by atoms with Crippen LogP contribution in [0.4, 0.5) is 5.82 Å². The summed E-state index contributed by atoms with van der Waals surface area (Å²) in [5.74, 6) is 0.796. The number of hydrogen-bond acceptors (Lipinski definition) is 4. The number of pyridine rings is 1. The van der Waals surface area contributed by atoms with Gasteiger partial charge in [-0.2, -0.15) is 0 Å². The summed E-state index contributed by atoms with van der Waals surface area (Å²) >= 11 is 3.38. The molecule has 96 valence electrons. The maximum absolute atomic E-state index is 10.8. The van der Waals surface area contributed by atoms with Crippen LogP contribution in [0.1, 0.15) is 12.1 Å². The molecule has 2 N–H and O–H groups in total. The second-order valence-electron chi connectivity index (χ2n) is 3.71. The van der Waals surface area contributed by atoms with E-state index >= 15 is 0 Å². The van der Waals surface area contributed by atoms with Gasteiger partial charge in [0.1, 0.15) is 5.82 Å². The first-order chi connectivity index (χ1) is 7.88. The van der Waals surface area contributed by atoms with Gasteiger partial charge in [0.05, 0.1) is 11.9 Å². The number of sulfonamides is 1. The van der Waals surface area contributed by atoms with Crippen LogP contribution in [0, 0.1) is 6.92 Å². The van der Waals surface area contributed by atoms with E-state index in [2.05, 4.69) is 31.0 Å². The average Bonchev–Trinajstić information content (AvgIpc) is 2.21. The number of hydrogen-bond donors (Lipinski definition) is 2. The molecular formula is C10H16BrN3O2S. The van der Waals surface area contributed by atoms with Crippen molar-refractivity contribution in [2.45, 2.75) is 13.3 Å². The number of nitrogens with one attached hydrogen (secondary N) is 2. The molecule has 0 radical (unpaired) electrons. The average molecular weight is 322 g/mol. The molecule has 5 nitrogen and oxygen atoms in total. The van der Waals surface area contributed by atoms with Crippen LogP contribution < -0.4 is 10.0 Å². The van der Waals surface area contributed by atoms with Gasteiger partial charge >= 0.3 is 0 Å². The van der Waals surface area contributed by atoms with Crippen molar-refractivity contribution in [3.63, 3.8) is 0 Å². The molecule has 7 heteroatoms. The lowest BCUT2D eigenvalue weighted by atomic mass is 10.3. The van der Waals surface area contributed by atoms with Gasteiger partial charge < -0.3 is 5.32 Å². The van der Waals surface area contributed by atoms with Gasteiger partial charge in [0.15, 0.2) is 0 Å². The van der Waals surface area contributed by atoms with E-state index in [1.54, 1.807) is 0 Å². The van der Waals surface area contributed by atoms with E-state index in [1.165, 1.54) is 0 Å². The van der Waals surface area contributed by atoms with Crippen molar-refractivity contribution in [3.8, 4) is 0 Å². The van der Waals surface area contributed by atoms with Gasteiger partial charge in [0.2, 0.25) is 10.0 Å². The summed E-state index contributed by atoms with van der Waals surface area (Å²) in [6.07, 6.45) is 1.87. The molecule has 0 aliphatic heterocycles. The third-order valence-corrected chi connectivity index (χ3v) is 3.61. The highest BCUT2D eigenvalue weighted by atomic mass is 79.9. The second-order valence-corrected chi connectivity index (χ2v) is 6.40. The van der Waals surface area contributed by atoms with Crippen LogP contribution in [-0.4, -0.2) is 32.7 Å². The summed E-state index contributed by atoms with van der Waals surface area (Å²) in [5, 5.41) is 3.13. The summed E-state index contributed by atoms with van der Waals surface area (Å²) in [6.45, 7) is 3.03. The van der Waals surface area contributed by atoms with E-state index < -0.39 is 10.0 Å². The number of halogens is 1. The minimum Gasteiger partial charge on any atom is -0.370 e. The number of rotatable bonds is 6. The fourth-order valence-electron chi connectivity index (χ4n) is 1.20. The molecule has 0 aliphatic carbocycles. The van der Waals surface area contributed by atoms with Crippen LogP contribution in [0.5, 0.6) is 0 Å². The maximum Gasteiger partial charge on any atom is 0.208 e. The molecule has 17 heavy (non-hydrogen) atoms. The lowest BCUT2D eigenvalue weighted by molar-refractivity contribution is 0.586. The Morgan fingerprint density at radius 3 is 2.65 bits per heavy atom. The SMILES string of the molecule is Cc1nc(NCCCNS(C)(=O)=O)ccc1Br. The minimum atomic E-state index is -3.08. The van der Waals surface area contributed by atoms with Crippen LogP contribution in [0.2, 0.25) is 0 Å². The van der Waals surface area contributed by atoms with Gasteiger partial charge in [-0.3, -0.25) is 0 Å². The van der Waals surface area contributed by atoms with Gasteiger partial charge in [-0.1, -0.05) is 0 Å². The van der Waals surface area contributed by atoms with Crippen molar-refractivity contribution >= 4 is 31.8 Å². The molecule has 0 unspecified atom stereocenters. The Kier molecular flexibility index (Phi) is 5.35. The zero-order valence-electron chi connectivity index (χ0n) is 9.83. The van der Waals surface area contributed by atoms with Crippen molar-refractivity contribution in [3.05, 3.63) is 22.3 Å². The fraction of sp³-hybridized carbons (Fsp3) is 0.500. The molecule has 0 saturated carbocycles. The quantitative estimate of drug-likeness (QED) is 0.779. The van der Waals surface area contributed by atoms with Crippen LogP contribution in [-0.2, 0) is 10.0 Å². The zero-order chi connectivity index (χ0) is 12.9. The predicted octanol–water partition coefficient (Wildman–Crippen LogP) is 1.50. The first kappa shape index (κ1) is 14.4. The van der Waals surface area contributed by atoms with Crippen molar-refractivity contribution < 1.29 is 8.42 Å². The number of nitrogens with zero attached hydrogens (tertiary/aromatic N) is 1. The number of anilines is 1. The highest BCUT2D eigenvalue weighted by molar-refractivity contribution is 9.10. The standard InChI is InChI=1S/C10H16BrN3O2S/c1-8-9(11)4-5-10(14-8)12-6-3-7-13-17(2,15)16/h4-5,13H,3,6-7H2,1-2H3,(H,12,14). The Morgan fingerprint density at radius 1 is 1.35 bits per heavy atom. The molecule has 0 amide bonds. The predicted molar refractivity (Wildman–Crippen MR) is 72.6 cm³/mol. The molecule has 1 aromatic heterocycles. The van der Waals surface area contributed by atoms with Gasteiger partial charge in [-0.15, -0.1) is 0 Å². The first-order valence-corrected chi connectivity index (χ1v) is 7.88. The Balaban J connectivity index is 2.29. The molecule has 0 aliphatic rings. The molecule has 0 atom stereocenters. The molecule has 0 aromatic carbocycles. The Bertz CT molecular complexity index is 476. The normalized spacial score (nSPS) is 11.5. The summed E-state index contributed by atoms with van der Waals surface area (Å²) < 4.78 is 25.0. The highest BCUT2D eigenvalue weighted by Crippen LogP contribution is 2.15. The van der Waals surface area contributed by atoms with Crippen molar-refractivity contribution in [2.75, 3.05) is 24.7 Å². The lowest BCUT2D eigenvalue weighted by Crippen LogP contribution is -2.24. The van der Waals surface area contributed by atoms with Crippen molar-refractivity contribution in [2.24, 2.45) is 0 Å². The summed E-state index contributed by atoms with van der Waals surface area (Å²) in [7, 11) is -3.08. The van der Waals surface area contributed by atoms with Crippen LogP contribution in [0.3, 0.4) is 0 Å². The molecule has 0 spiro atoms. The van der Waals surface area contributed by atoms with Gasteiger partial charge in [-0.25, -0.2) is 18.1 Å². The van der Waals surface area contributed by atoms with Crippen LogP contribution in [0.25, 0.3) is 0 Å². The molecular weight excluding hydrogens is 306 g/mol. The highest BCUT2D eigenvalue weighted by Gasteiger charge is 2.00. The summed E-state index contributed by atoms with van der Waals surface area (Å²) in [4.78, 5) is 4.32. The third kappa shape index (κ3) is 5.99. The molecule has 1 rings (SSSR count). The Labute approximate surface area is 110 Å². The van der Waals surface area contributed by atoms with E-state index in [-0.39, 0.29) is 0 Å². The molecule has 1 aromatic rings. The molecule has 1 heterocycles. The monoisotopic (exact) mass is 321 g/mol. The topological polar surface area (TPSA) is 71.1 Å². The second kappa shape index (κ2) is 6.32. The lowest BCUT2D eigenvalue weighted by Gasteiger charge is -2.07. The Hall–Kier alpha value is -0.660. The smallest absolute Gasteiger partial charge is 0.208 e. The molecule has 0 saturated heterocycles. The van der Waals surface area contributed by atoms with E-state index in [4.69, 9.17) is 0 Å². The van der Waals surface area contributed by atoms with E-state index in [1.807, 2.05) is 19.1 Å². The van der Waals surface area contributed by atoms with E-state index in [9.17, 15) is 8.42 Å². The fourth-order valence-corrected chi connectivity index (χ4v) is 1.94. The van der Waals surface area contributed by atoms with Gasteiger partial charge in [0, 0.05) is 17.6 Å². The van der Waals surface area contributed by atoms with E-state index in [0.717, 1.165) is 22.2 Å². The third-order valence-electron chi connectivity index (χ3n) is 2.05.